The number of nitrogens with one attached hydrogen (secondary N) is 1. The fourth-order valence-corrected chi connectivity index (χ4v) is 2.33. The summed E-state index contributed by atoms with van der Waals surface area (Å²) in [6.07, 6.45) is 3.27. The molecule has 0 amide bonds. The molecule has 0 aliphatic heterocycles. The monoisotopic (exact) mass is 347 g/mol. The summed E-state index contributed by atoms with van der Waals surface area (Å²) in [5, 5.41) is 26.4. The van der Waals surface area contributed by atoms with Crippen molar-refractivity contribution in [2.24, 2.45) is 0 Å². The maximum absolute atomic E-state index is 13.0. The van der Waals surface area contributed by atoms with E-state index < -0.39 is 5.78 Å². The highest BCUT2D eigenvalue weighted by Crippen LogP contribution is 2.19. The summed E-state index contributed by atoms with van der Waals surface area (Å²) in [5.41, 5.74) is 0.619. The Hall–Kier alpha value is -3.50. The summed E-state index contributed by atoms with van der Waals surface area (Å²) in [7, 11) is 0. The molecule has 0 aliphatic rings. The van der Waals surface area contributed by atoms with E-state index in [-0.39, 0.29) is 16.8 Å². The van der Waals surface area contributed by atoms with Crippen LogP contribution in [0.5, 0.6) is 0 Å². The average Bonchev–Trinajstić information content (AvgIpc) is 2.62. The van der Waals surface area contributed by atoms with Gasteiger partial charge in [0.1, 0.15) is 17.7 Å². The molecule has 6 heteroatoms. The first-order chi connectivity index (χ1) is 12.0. The molecular formula is C19H12ClN4O+. The highest BCUT2D eigenvalue weighted by atomic mass is 35.5. The van der Waals surface area contributed by atoms with Crippen molar-refractivity contribution in [3.63, 3.8) is 0 Å². The van der Waals surface area contributed by atoms with Crippen LogP contribution >= 0.6 is 11.6 Å². The number of aryl methyl sites for hydroxylation is 1. The number of nitriles is 2. The topological polar surface area (TPSA) is 92.4 Å². The molecule has 0 unspecified atom stereocenters. The molecule has 0 radical (unpaired) electrons. The first-order valence-electron chi connectivity index (χ1n) is 7.15. The number of pyridine rings is 1. The normalized spacial score (nSPS) is 10.7. The summed E-state index contributed by atoms with van der Waals surface area (Å²) >= 11 is 5.86. The fraction of sp³-hybridized carbons (Fsp3) is 0.0526. The molecule has 1 aromatic heterocycles. The largest absolute Gasteiger partial charge is 0.282 e. The van der Waals surface area contributed by atoms with Gasteiger partial charge in [-0.1, -0.05) is 11.6 Å². The summed E-state index contributed by atoms with van der Waals surface area (Å²) in [4.78, 5) is 13.0. The predicted molar refractivity (Wildman–Crippen MR) is 92.8 cm³/mol. The Labute approximate surface area is 149 Å². The van der Waals surface area contributed by atoms with Gasteiger partial charge in [0.2, 0.25) is 0 Å². The highest BCUT2D eigenvalue weighted by molar-refractivity contribution is 6.31. The van der Waals surface area contributed by atoms with Gasteiger partial charge in [-0.05, 0) is 43.1 Å². The van der Waals surface area contributed by atoms with Crippen LogP contribution in [-0.4, -0.2) is 11.7 Å². The van der Waals surface area contributed by atoms with Gasteiger partial charge in [-0.15, -0.1) is 0 Å². The number of ketones is 1. The number of Topliss-reactive ketones (excluding diaryl/α,β-unsaturated/α-hetero) is 1. The lowest BCUT2D eigenvalue weighted by Crippen LogP contribution is -2.37. The number of benzene rings is 1. The second kappa shape index (κ2) is 7.86. The minimum atomic E-state index is -0.466. The van der Waals surface area contributed by atoms with Gasteiger partial charge in [0, 0.05) is 22.2 Å². The molecule has 0 aliphatic carbocycles. The van der Waals surface area contributed by atoms with Gasteiger partial charge in [-0.25, -0.2) is 0 Å². The van der Waals surface area contributed by atoms with Crippen molar-refractivity contribution >= 4 is 29.0 Å². The Bertz CT molecular complexity index is 1000. The minimum Gasteiger partial charge on any atom is -0.282 e. The molecule has 1 aromatic carbocycles. The number of allylic oxidation sites excluding steroid dienone is 3. The zero-order valence-corrected chi connectivity index (χ0v) is 14.0. The molecule has 0 fully saturated rings. The zero-order chi connectivity index (χ0) is 18.4. The van der Waals surface area contributed by atoms with Crippen molar-refractivity contribution < 1.29 is 9.36 Å². The van der Waals surface area contributed by atoms with Crippen LogP contribution in [0.1, 0.15) is 15.9 Å². The van der Waals surface area contributed by atoms with Crippen LogP contribution < -0.4 is 4.57 Å². The third-order valence-corrected chi connectivity index (χ3v) is 3.62. The number of hydrogen-bond donors (Lipinski definition) is 1. The number of carbonyl (C=O) groups is 1. The lowest BCUT2D eigenvalue weighted by molar-refractivity contribution is -0.577. The molecule has 0 bridgehead atoms. The van der Waals surface area contributed by atoms with Gasteiger partial charge in [-0.3, -0.25) is 10.2 Å². The number of aromatic nitrogens is 1. The van der Waals surface area contributed by atoms with E-state index in [1.165, 1.54) is 16.7 Å². The Morgan fingerprint density at radius 2 is 1.84 bits per heavy atom. The number of hydrogen-bond acceptors (Lipinski definition) is 4. The molecule has 1 N–H and O–H groups in total. The number of halogens is 1. The van der Waals surface area contributed by atoms with Crippen LogP contribution in [0.4, 0.5) is 0 Å². The predicted octanol–water partition coefficient (Wildman–Crippen LogP) is 3.25. The Morgan fingerprint density at radius 1 is 1.16 bits per heavy atom. The standard InChI is InChI=1S/C19H12ClN4O/c1-13-3-2-8-24(12-13)18(17(11-23)15(9-21)10-22)19(25)14-4-6-16(20)7-5-14/h2-8,12,21H,1H3/q+1/b18-17+. The van der Waals surface area contributed by atoms with E-state index in [0.29, 0.717) is 10.6 Å². The lowest BCUT2D eigenvalue weighted by Gasteiger charge is -2.05. The van der Waals surface area contributed by atoms with E-state index in [0.717, 1.165) is 5.56 Å². The summed E-state index contributed by atoms with van der Waals surface area (Å²) in [5.74, 6) is 1.46. The third-order valence-electron chi connectivity index (χ3n) is 3.36. The van der Waals surface area contributed by atoms with Gasteiger partial charge >= 0.3 is 0 Å². The molecule has 2 rings (SSSR count). The van der Waals surface area contributed by atoms with Crippen molar-refractivity contribution in [3.8, 4) is 12.1 Å². The second-order valence-electron chi connectivity index (χ2n) is 5.07. The van der Waals surface area contributed by atoms with E-state index >= 15 is 0 Å². The Balaban J connectivity index is 2.79. The van der Waals surface area contributed by atoms with E-state index in [4.69, 9.17) is 17.0 Å². The quantitative estimate of drug-likeness (QED) is 0.230. The second-order valence-corrected chi connectivity index (χ2v) is 5.51. The molecule has 0 atom stereocenters. The van der Waals surface area contributed by atoms with Crippen LogP contribution in [0.25, 0.3) is 5.70 Å². The number of carbonyl (C=O) groups excluding carboxylic acids is 1. The van der Waals surface area contributed by atoms with Crippen LogP contribution in [0.3, 0.4) is 0 Å². The summed E-state index contributed by atoms with van der Waals surface area (Å²) in [6.45, 7) is 1.84. The van der Waals surface area contributed by atoms with Crippen molar-refractivity contribution in [2.45, 2.75) is 6.92 Å². The fourth-order valence-electron chi connectivity index (χ4n) is 2.20. The minimum absolute atomic E-state index is 0.0233. The van der Waals surface area contributed by atoms with Crippen LogP contribution in [0, 0.1) is 35.0 Å². The smallest absolute Gasteiger partial charge is 0.279 e. The molecule has 0 spiro atoms. The zero-order valence-electron chi connectivity index (χ0n) is 13.2. The lowest BCUT2D eigenvalue weighted by atomic mass is 10.00. The van der Waals surface area contributed by atoms with Gasteiger partial charge in [0.25, 0.3) is 11.5 Å². The van der Waals surface area contributed by atoms with Crippen LogP contribution in [0.15, 0.2) is 59.9 Å². The molecule has 0 saturated carbocycles. The SMILES string of the molecule is Cc1ccc[n+](/C(C(=O)c2ccc(Cl)cc2)=C(\C#N)C(=C=N)C#N)c1. The Kier molecular flexibility index (Phi) is 5.61. The van der Waals surface area contributed by atoms with E-state index in [2.05, 4.69) is 0 Å². The summed E-state index contributed by atoms with van der Waals surface area (Å²) < 4.78 is 1.47. The summed E-state index contributed by atoms with van der Waals surface area (Å²) in [6, 6.07) is 13.4. The van der Waals surface area contributed by atoms with Crippen molar-refractivity contribution in [1.29, 1.82) is 15.9 Å². The van der Waals surface area contributed by atoms with Gasteiger partial charge < -0.3 is 0 Å². The number of rotatable bonds is 4. The molecule has 0 saturated heterocycles. The van der Waals surface area contributed by atoms with Crippen LogP contribution in [-0.2, 0) is 0 Å². The van der Waals surface area contributed by atoms with E-state index in [9.17, 15) is 15.3 Å². The van der Waals surface area contributed by atoms with Gasteiger partial charge in [0.15, 0.2) is 18.0 Å². The average molecular weight is 348 g/mol. The first-order valence-corrected chi connectivity index (χ1v) is 7.52. The van der Waals surface area contributed by atoms with Crippen molar-refractivity contribution in [1.82, 2.24) is 0 Å². The van der Waals surface area contributed by atoms with Gasteiger partial charge in [0.05, 0.1) is 0 Å². The number of nitrogens with zero attached hydrogens (tertiary/aromatic N) is 3. The van der Waals surface area contributed by atoms with E-state index in [1.54, 1.807) is 36.7 Å². The maximum atomic E-state index is 13.0. The van der Waals surface area contributed by atoms with E-state index in [1.807, 2.05) is 24.9 Å². The highest BCUT2D eigenvalue weighted by Gasteiger charge is 2.29. The van der Waals surface area contributed by atoms with Crippen LogP contribution in [0.2, 0.25) is 5.02 Å². The van der Waals surface area contributed by atoms with Crippen molar-refractivity contribution in [2.75, 3.05) is 0 Å². The van der Waals surface area contributed by atoms with Gasteiger partial charge in [-0.2, -0.15) is 15.1 Å². The maximum Gasteiger partial charge on any atom is 0.279 e. The third kappa shape index (κ3) is 3.88. The first kappa shape index (κ1) is 17.8. The molecule has 2 aromatic rings. The molecular weight excluding hydrogens is 336 g/mol. The molecule has 1 heterocycles. The molecule has 120 valence electrons. The van der Waals surface area contributed by atoms with Crippen molar-refractivity contribution in [3.05, 3.63) is 76.1 Å². The Morgan fingerprint density at radius 3 is 2.36 bits per heavy atom. The molecule has 25 heavy (non-hydrogen) atoms. The molecule has 5 nitrogen and oxygen atoms in total.